The molecule has 3 aliphatic heterocycles. The van der Waals surface area contributed by atoms with Crippen molar-refractivity contribution in [3.63, 3.8) is 0 Å². The van der Waals surface area contributed by atoms with Gasteiger partial charge in [-0.05, 0) is 75.2 Å². The van der Waals surface area contributed by atoms with E-state index in [1.807, 2.05) is 77.3 Å². The number of hydrogen-bond donors (Lipinski definition) is 1. The molecule has 1 atom stereocenters. The van der Waals surface area contributed by atoms with Gasteiger partial charge < -0.3 is 10.2 Å². The molecule has 2 aromatic carbocycles. The number of likely N-dealkylation sites (tertiary alicyclic amines) is 1. The number of hydrogen-bond acceptors (Lipinski definition) is 6. The number of nitrogens with zero attached hydrogens (tertiary/aromatic N) is 5. The van der Waals surface area contributed by atoms with Gasteiger partial charge in [-0.3, -0.25) is 19.6 Å². The first-order valence-corrected chi connectivity index (χ1v) is 12.4. The van der Waals surface area contributed by atoms with Crippen LogP contribution in [-0.2, 0) is 0 Å². The predicted molar refractivity (Wildman–Crippen MR) is 139 cm³/mol. The number of rotatable bonds is 6. The molecule has 35 heavy (non-hydrogen) atoms. The Morgan fingerprint density at radius 1 is 0.829 bits per heavy atom. The summed E-state index contributed by atoms with van der Waals surface area (Å²) in [7, 11) is 0. The number of benzene rings is 2. The third kappa shape index (κ3) is 5.06. The van der Waals surface area contributed by atoms with Crippen LogP contribution in [0.5, 0.6) is 0 Å². The molecule has 2 amide bonds. The zero-order valence-electron chi connectivity index (χ0n) is 20.4. The van der Waals surface area contributed by atoms with Crippen molar-refractivity contribution in [1.82, 2.24) is 10.2 Å². The average molecular weight is 473 g/mol. The first kappa shape index (κ1) is 23.1. The highest BCUT2D eigenvalue weighted by atomic mass is 16.2. The maximum atomic E-state index is 13.2. The maximum Gasteiger partial charge on any atom is 0.254 e. The van der Waals surface area contributed by atoms with Gasteiger partial charge >= 0.3 is 0 Å². The Balaban J connectivity index is 1.17. The molecule has 0 bridgehead atoms. The Bertz CT molecular complexity index is 1160. The van der Waals surface area contributed by atoms with Crippen LogP contribution < -0.4 is 15.3 Å². The van der Waals surface area contributed by atoms with E-state index in [2.05, 4.69) is 15.5 Å². The molecule has 8 heteroatoms. The van der Waals surface area contributed by atoms with E-state index < -0.39 is 0 Å². The van der Waals surface area contributed by atoms with Crippen molar-refractivity contribution in [2.24, 2.45) is 10.2 Å². The van der Waals surface area contributed by atoms with E-state index in [4.69, 9.17) is 0 Å². The minimum atomic E-state index is -0.122. The highest BCUT2D eigenvalue weighted by Gasteiger charge is 2.30. The van der Waals surface area contributed by atoms with Crippen molar-refractivity contribution in [2.75, 3.05) is 36.2 Å². The molecule has 182 valence electrons. The topological polar surface area (TPSA) is 80.6 Å². The number of carbonyl (C=O) groups excluding carboxylic acids is 2. The number of amides is 2. The van der Waals surface area contributed by atoms with Crippen LogP contribution in [0.2, 0.25) is 0 Å². The molecule has 1 N–H and O–H groups in total. The quantitative estimate of drug-likeness (QED) is 0.692. The van der Waals surface area contributed by atoms with Crippen LogP contribution in [-0.4, -0.2) is 60.4 Å². The zero-order valence-corrected chi connectivity index (χ0v) is 20.4. The van der Waals surface area contributed by atoms with Gasteiger partial charge in [0.05, 0.1) is 11.4 Å². The van der Waals surface area contributed by atoms with Crippen molar-refractivity contribution in [1.29, 1.82) is 0 Å². The lowest BCUT2D eigenvalue weighted by molar-refractivity contribution is 0.0725. The Hall–Kier alpha value is -3.68. The summed E-state index contributed by atoms with van der Waals surface area (Å²) in [5, 5.41) is 16.0. The van der Waals surface area contributed by atoms with Crippen LogP contribution in [0.3, 0.4) is 0 Å². The fourth-order valence-corrected chi connectivity index (χ4v) is 4.88. The lowest BCUT2D eigenvalue weighted by Crippen LogP contribution is -2.43. The second kappa shape index (κ2) is 9.90. The van der Waals surface area contributed by atoms with Crippen LogP contribution in [0.1, 0.15) is 60.2 Å². The van der Waals surface area contributed by atoms with E-state index in [9.17, 15) is 9.59 Å². The molecule has 5 rings (SSSR count). The van der Waals surface area contributed by atoms with Gasteiger partial charge in [-0.15, -0.1) is 0 Å². The molecule has 0 saturated carbocycles. The molecule has 0 aliphatic carbocycles. The first-order chi connectivity index (χ1) is 17.0. The standard InChI is InChI=1S/C27H32N6O2/c1-19-13-16-32(29-19)23-9-5-21(6-10-23)26(34)28-18-25-4-3-15-31(25)27(35)22-7-11-24(12-8-22)33-17-14-20(2)30-33/h5-12,25H,3-4,13-18H2,1-2H3,(H,28,34)/t25-/m1/s1. The normalized spacial score (nSPS) is 19.7. The van der Waals surface area contributed by atoms with Gasteiger partial charge in [-0.2, -0.15) is 10.2 Å². The minimum absolute atomic E-state index is 0.00172. The van der Waals surface area contributed by atoms with Crippen LogP contribution in [0.4, 0.5) is 11.4 Å². The number of carbonyl (C=O) groups is 2. The second-order valence-electron chi connectivity index (χ2n) is 9.52. The van der Waals surface area contributed by atoms with Crippen molar-refractivity contribution < 1.29 is 9.59 Å². The van der Waals surface area contributed by atoms with Gasteiger partial charge in [0, 0.05) is 67.6 Å². The van der Waals surface area contributed by atoms with Crippen LogP contribution in [0.25, 0.3) is 0 Å². The molecule has 0 spiro atoms. The largest absolute Gasteiger partial charge is 0.350 e. The van der Waals surface area contributed by atoms with Gasteiger partial charge in [0.25, 0.3) is 11.8 Å². The fraction of sp³-hybridized carbons (Fsp3) is 0.407. The Morgan fingerprint density at radius 3 is 1.89 bits per heavy atom. The van der Waals surface area contributed by atoms with Crippen molar-refractivity contribution in [2.45, 2.75) is 45.6 Å². The Morgan fingerprint density at radius 2 is 1.37 bits per heavy atom. The summed E-state index contributed by atoms with van der Waals surface area (Å²) in [4.78, 5) is 27.8. The lowest BCUT2D eigenvalue weighted by atomic mass is 10.1. The summed E-state index contributed by atoms with van der Waals surface area (Å²) in [5.74, 6) is -0.108. The van der Waals surface area contributed by atoms with Gasteiger partial charge in [0.15, 0.2) is 0 Å². The molecule has 1 fully saturated rings. The first-order valence-electron chi connectivity index (χ1n) is 12.4. The maximum absolute atomic E-state index is 13.2. The summed E-state index contributed by atoms with van der Waals surface area (Å²) in [6, 6.07) is 15.2. The molecule has 8 nitrogen and oxygen atoms in total. The number of nitrogens with one attached hydrogen (secondary N) is 1. The Kier molecular flexibility index (Phi) is 6.53. The Labute approximate surface area is 206 Å². The summed E-state index contributed by atoms with van der Waals surface area (Å²) >= 11 is 0. The van der Waals surface area contributed by atoms with Crippen molar-refractivity contribution in [3.8, 4) is 0 Å². The van der Waals surface area contributed by atoms with E-state index in [0.29, 0.717) is 24.2 Å². The van der Waals surface area contributed by atoms with E-state index in [0.717, 1.165) is 61.6 Å². The van der Waals surface area contributed by atoms with Gasteiger partial charge in [0.2, 0.25) is 0 Å². The van der Waals surface area contributed by atoms with Crippen molar-refractivity contribution >= 4 is 34.6 Å². The van der Waals surface area contributed by atoms with E-state index in [1.165, 1.54) is 0 Å². The van der Waals surface area contributed by atoms with Gasteiger partial charge in [0.1, 0.15) is 0 Å². The second-order valence-corrected chi connectivity index (χ2v) is 9.52. The SMILES string of the molecule is CC1=NN(c2ccc(C(=O)NC[C@H]3CCCN3C(=O)c3ccc(N4CCC(C)=N4)cc3)cc2)CC1. The minimum Gasteiger partial charge on any atom is -0.350 e. The van der Waals surface area contributed by atoms with Gasteiger partial charge in [-0.25, -0.2) is 0 Å². The van der Waals surface area contributed by atoms with Crippen LogP contribution >= 0.6 is 0 Å². The van der Waals surface area contributed by atoms with Gasteiger partial charge in [-0.1, -0.05) is 0 Å². The van der Waals surface area contributed by atoms with Crippen LogP contribution in [0.15, 0.2) is 58.7 Å². The molecule has 0 unspecified atom stereocenters. The van der Waals surface area contributed by atoms with Crippen molar-refractivity contribution in [3.05, 3.63) is 59.7 Å². The summed E-state index contributed by atoms with van der Waals surface area (Å²) in [6.07, 6.45) is 3.77. The number of hydrazone groups is 2. The molecule has 3 aliphatic rings. The molecule has 3 heterocycles. The summed E-state index contributed by atoms with van der Waals surface area (Å²) < 4.78 is 0. The highest BCUT2D eigenvalue weighted by molar-refractivity contribution is 5.96. The third-order valence-electron chi connectivity index (χ3n) is 6.93. The summed E-state index contributed by atoms with van der Waals surface area (Å²) in [6.45, 7) is 6.96. The van der Waals surface area contributed by atoms with E-state index in [-0.39, 0.29) is 17.9 Å². The average Bonchev–Trinajstić information content (AvgIpc) is 3.63. The molecule has 0 aromatic heterocycles. The third-order valence-corrected chi connectivity index (χ3v) is 6.93. The zero-order chi connectivity index (χ0) is 24.4. The molecular formula is C27H32N6O2. The predicted octanol–water partition coefficient (Wildman–Crippen LogP) is 3.89. The van der Waals surface area contributed by atoms with E-state index in [1.54, 1.807) is 0 Å². The molecule has 2 aromatic rings. The van der Waals surface area contributed by atoms with E-state index >= 15 is 0 Å². The highest BCUT2D eigenvalue weighted by Crippen LogP contribution is 2.24. The smallest absolute Gasteiger partial charge is 0.254 e. The lowest BCUT2D eigenvalue weighted by Gasteiger charge is -2.25. The van der Waals surface area contributed by atoms with Crippen LogP contribution in [0, 0.1) is 0 Å². The molecule has 0 radical (unpaired) electrons. The molecular weight excluding hydrogens is 440 g/mol. The fourth-order valence-electron chi connectivity index (χ4n) is 4.88. The number of anilines is 2. The molecule has 1 saturated heterocycles. The summed E-state index contributed by atoms with van der Waals surface area (Å²) in [5.41, 5.74) is 5.51. The monoisotopic (exact) mass is 472 g/mol.